The molecule has 0 radical (unpaired) electrons. The van der Waals surface area contributed by atoms with Crippen LogP contribution in [0.4, 0.5) is 11.4 Å². The normalized spacial score (nSPS) is 11.2. The largest absolute Gasteiger partial charge is 0.504 e. The Labute approximate surface area is 164 Å². The van der Waals surface area contributed by atoms with Gasteiger partial charge in [-0.25, -0.2) is 4.98 Å². The summed E-state index contributed by atoms with van der Waals surface area (Å²) >= 11 is 0. The highest BCUT2D eigenvalue weighted by molar-refractivity contribution is 5.89. The minimum absolute atomic E-state index is 0.00107. The van der Waals surface area contributed by atoms with Crippen LogP contribution in [0.3, 0.4) is 0 Å². The predicted molar refractivity (Wildman–Crippen MR) is 108 cm³/mol. The van der Waals surface area contributed by atoms with E-state index in [0.29, 0.717) is 22.7 Å². The molecule has 0 spiro atoms. The van der Waals surface area contributed by atoms with Gasteiger partial charge in [-0.05, 0) is 24.3 Å². The number of fused-ring (bicyclic) bond motifs is 1. The quantitative estimate of drug-likeness (QED) is 0.296. The maximum absolute atomic E-state index is 11.1. The lowest BCUT2D eigenvalue weighted by molar-refractivity contribution is -0.385. The highest BCUT2D eigenvalue weighted by Crippen LogP contribution is 2.34. The van der Waals surface area contributed by atoms with Crippen LogP contribution >= 0.6 is 0 Å². The SMILES string of the molecule is COc1cc([N+](=O)[O-])cc(C=Nc2ccc3nc(-c4ccccc4)oc3c2)c1O. The standard InChI is InChI=1S/C21H15N3O5/c1-28-19-11-16(24(26)27)9-14(20(19)25)12-22-15-7-8-17-18(10-15)29-21(23-17)13-5-3-2-4-6-13/h2-12,25H,1H3. The van der Waals surface area contributed by atoms with Gasteiger partial charge in [-0.3, -0.25) is 15.1 Å². The molecule has 1 heterocycles. The van der Waals surface area contributed by atoms with Crippen LogP contribution in [-0.4, -0.2) is 28.3 Å². The molecule has 0 saturated heterocycles. The van der Waals surface area contributed by atoms with Crippen LogP contribution in [0.5, 0.6) is 11.5 Å². The van der Waals surface area contributed by atoms with Crippen molar-refractivity contribution in [3.05, 3.63) is 76.3 Å². The number of nitro groups is 1. The van der Waals surface area contributed by atoms with Crippen LogP contribution in [0.2, 0.25) is 0 Å². The van der Waals surface area contributed by atoms with E-state index in [1.165, 1.54) is 19.4 Å². The number of benzene rings is 3. The Balaban J connectivity index is 1.68. The maximum Gasteiger partial charge on any atom is 0.274 e. The summed E-state index contributed by atoms with van der Waals surface area (Å²) in [6.45, 7) is 0. The van der Waals surface area contributed by atoms with Gasteiger partial charge in [0.15, 0.2) is 17.1 Å². The van der Waals surface area contributed by atoms with Gasteiger partial charge in [-0.15, -0.1) is 0 Å². The number of phenols is 1. The topological polar surface area (TPSA) is 111 Å². The van der Waals surface area contributed by atoms with E-state index in [9.17, 15) is 15.2 Å². The number of nitro benzene ring substituents is 1. The lowest BCUT2D eigenvalue weighted by Gasteiger charge is -2.05. The van der Waals surface area contributed by atoms with Crippen LogP contribution in [0.15, 0.2) is 70.1 Å². The van der Waals surface area contributed by atoms with Crippen molar-refractivity contribution >= 4 is 28.7 Å². The van der Waals surface area contributed by atoms with E-state index in [4.69, 9.17) is 9.15 Å². The monoisotopic (exact) mass is 389 g/mol. The molecule has 4 rings (SSSR count). The molecule has 8 nitrogen and oxygen atoms in total. The molecule has 3 aromatic carbocycles. The number of methoxy groups -OCH3 is 1. The number of oxazole rings is 1. The number of aromatic hydroxyl groups is 1. The van der Waals surface area contributed by atoms with Gasteiger partial charge in [-0.2, -0.15) is 0 Å². The van der Waals surface area contributed by atoms with Crippen molar-refractivity contribution in [3.8, 4) is 23.0 Å². The van der Waals surface area contributed by atoms with Crippen molar-refractivity contribution in [2.75, 3.05) is 7.11 Å². The summed E-state index contributed by atoms with van der Waals surface area (Å²) in [6, 6.07) is 17.1. The molecule has 0 saturated carbocycles. The molecule has 1 N–H and O–H groups in total. The molecule has 0 unspecified atom stereocenters. The maximum atomic E-state index is 11.1. The Morgan fingerprint density at radius 2 is 1.97 bits per heavy atom. The van der Waals surface area contributed by atoms with Gasteiger partial charge in [0, 0.05) is 29.5 Å². The Kier molecular flexibility index (Phi) is 4.66. The van der Waals surface area contributed by atoms with Crippen molar-refractivity contribution < 1.29 is 19.2 Å². The highest BCUT2D eigenvalue weighted by Gasteiger charge is 2.16. The second kappa shape index (κ2) is 7.43. The summed E-state index contributed by atoms with van der Waals surface area (Å²) in [5.41, 5.74) is 2.60. The molecule has 0 aliphatic rings. The summed E-state index contributed by atoms with van der Waals surface area (Å²) in [5.74, 6) is 0.274. The fourth-order valence-corrected chi connectivity index (χ4v) is 2.82. The fraction of sp³-hybridized carbons (Fsp3) is 0.0476. The van der Waals surface area contributed by atoms with Gasteiger partial charge in [0.05, 0.1) is 23.8 Å². The molecule has 0 atom stereocenters. The van der Waals surface area contributed by atoms with Gasteiger partial charge in [-0.1, -0.05) is 18.2 Å². The summed E-state index contributed by atoms with van der Waals surface area (Å²) in [6.07, 6.45) is 1.33. The van der Waals surface area contributed by atoms with Crippen LogP contribution in [0.1, 0.15) is 5.56 Å². The summed E-state index contributed by atoms with van der Waals surface area (Å²) in [7, 11) is 1.32. The summed E-state index contributed by atoms with van der Waals surface area (Å²) in [4.78, 5) is 19.3. The van der Waals surface area contributed by atoms with E-state index in [-0.39, 0.29) is 22.7 Å². The molecule has 8 heteroatoms. The molecule has 29 heavy (non-hydrogen) atoms. The minimum Gasteiger partial charge on any atom is -0.504 e. The molecule has 0 aliphatic carbocycles. The summed E-state index contributed by atoms with van der Waals surface area (Å²) in [5, 5.41) is 21.3. The lowest BCUT2D eigenvalue weighted by atomic mass is 10.1. The van der Waals surface area contributed by atoms with E-state index >= 15 is 0 Å². The number of hydrogen-bond donors (Lipinski definition) is 1. The van der Waals surface area contributed by atoms with Crippen LogP contribution < -0.4 is 4.74 Å². The van der Waals surface area contributed by atoms with Crippen molar-refractivity contribution in [3.63, 3.8) is 0 Å². The zero-order valence-electron chi connectivity index (χ0n) is 15.3. The third-order valence-corrected chi connectivity index (χ3v) is 4.27. The van der Waals surface area contributed by atoms with E-state index in [1.54, 1.807) is 18.2 Å². The Hall–Kier alpha value is -4.20. The predicted octanol–water partition coefficient (Wildman–Crippen LogP) is 4.87. The first-order valence-corrected chi connectivity index (χ1v) is 8.60. The van der Waals surface area contributed by atoms with E-state index in [0.717, 1.165) is 11.6 Å². The molecular weight excluding hydrogens is 374 g/mol. The van der Waals surface area contributed by atoms with Crippen LogP contribution in [-0.2, 0) is 0 Å². The fourth-order valence-electron chi connectivity index (χ4n) is 2.82. The van der Waals surface area contributed by atoms with Crippen molar-refractivity contribution in [1.29, 1.82) is 0 Å². The second-order valence-corrected chi connectivity index (χ2v) is 6.14. The van der Waals surface area contributed by atoms with E-state index in [1.807, 2.05) is 30.3 Å². The first kappa shape index (κ1) is 18.2. The molecule has 0 bridgehead atoms. The zero-order valence-corrected chi connectivity index (χ0v) is 15.3. The molecule has 1 aromatic heterocycles. The van der Waals surface area contributed by atoms with Crippen molar-refractivity contribution in [1.82, 2.24) is 4.98 Å². The van der Waals surface area contributed by atoms with Crippen LogP contribution in [0, 0.1) is 10.1 Å². The van der Waals surface area contributed by atoms with Crippen LogP contribution in [0.25, 0.3) is 22.6 Å². The molecule has 0 amide bonds. The third-order valence-electron chi connectivity index (χ3n) is 4.27. The number of aliphatic imine (C=N–C) groups is 1. The first-order valence-electron chi connectivity index (χ1n) is 8.60. The number of phenolic OH excluding ortho intramolecular Hbond substituents is 1. The molecular formula is C21H15N3O5. The summed E-state index contributed by atoms with van der Waals surface area (Å²) < 4.78 is 10.8. The smallest absolute Gasteiger partial charge is 0.274 e. The van der Waals surface area contributed by atoms with E-state index in [2.05, 4.69) is 9.98 Å². The minimum atomic E-state index is -0.564. The average Bonchev–Trinajstić information content (AvgIpc) is 3.17. The lowest BCUT2D eigenvalue weighted by Crippen LogP contribution is -1.94. The van der Waals surface area contributed by atoms with Gasteiger partial charge < -0.3 is 14.3 Å². The third kappa shape index (κ3) is 3.63. The number of nitrogens with zero attached hydrogens (tertiary/aromatic N) is 3. The first-order chi connectivity index (χ1) is 14.0. The van der Waals surface area contributed by atoms with Crippen molar-refractivity contribution in [2.45, 2.75) is 0 Å². The number of non-ortho nitro benzene ring substituents is 1. The number of rotatable bonds is 5. The Bertz CT molecular complexity index is 1230. The highest BCUT2D eigenvalue weighted by atomic mass is 16.6. The number of aromatic nitrogens is 1. The molecule has 0 aliphatic heterocycles. The number of hydrogen-bond acceptors (Lipinski definition) is 7. The van der Waals surface area contributed by atoms with Gasteiger partial charge in [0.25, 0.3) is 5.69 Å². The molecule has 4 aromatic rings. The zero-order chi connectivity index (χ0) is 20.4. The van der Waals surface area contributed by atoms with Crippen molar-refractivity contribution in [2.24, 2.45) is 4.99 Å². The van der Waals surface area contributed by atoms with E-state index < -0.39 is 4.92 Å². The molecule has 144 valence electrons. The second-order valence-electron chi connectivity index (χ2n) is 6.14. The Morgan fingerprint density at radius 1 is 1.17 bits per heavy atom. The van der Waals surface area contributed by atoms with Gasteiger partial charge in [0.2, 0.25) is 5.89 Å². The number of ether oxygens (including phenoxy) is 1. The molecule has 0 fully saturated rings. The van der Waals surface area contributed by atoms with Gasteiger partial charge in [0.1, 0.15) is 5.52 Å². The Morgan fingerprint density at radius 3 is 2.69 bits per heavy atom. The average molecular weight is 389 g/mol. The van der Waals surface area contributed by atoms with Gasteiger partial charge >= 0.3 is 0 Å².